The number of fused-ring (bicyclic) bond motifs is 1. The van der Waals surface area contributed by atoms with Crippen LogP contribution in [0.2, 0.25) is 0 Å². The maximum atomic E-state index is 12.5. The van der Waals surface area contributed by atoms with Gasteiger partial charge in [0.1, 0.15) is 5.75 Å². The summed E-state index contributed by atoms with van der Waals surface area (Å²) in [6.07, 6.45) is 3.50. The normalized spacial score (nSPS) is 24.9. The molecule has 1 aromatic carbocycles. The lowest BCUT2D eigenvalue weighted by atomic mass is 9.82. The first-order chi connectivity index (χ1) is 10.1. The second-order valence-corrected chi connectivity index (χ2v) is 5.81. The van der Waals surface area contributed by atoms with Gasteiger partial charge in [-0.2, -0.15) is 0 Å². The lowest BCUT2D eigenvalue weighted by Gasteiger charge is -2.19. The summed E-state index contributed by atoms with van der Waals surface area (Å²) in [4.78, 5) is 26.3. The van der Waals surface area contributed by atoms with Crippen LogP contribution in [0.4, 0.5) is 0 Å². The number of hydrogen-bond acceptors (Lipinski definition) is 3. The van der Waals surface area contributed by atoms with Gasteiger partial charge in [0.2, 0.25) is 11.8 Å². The molecule has 0 saturated carbocycles. The molecule has 1 aromatic rings. The Bertz CT molecular complexity index is 603. The Hall–Kier alpha value is -2.10. The van der Waals surface area contributed by atoms with Crippen LogP contribution < -0.4 is 4.74 Å². The number of carbonyl (C=O) groups excluding carboxylic acids is 2. The van der Waals surface area contributed by atoms with Crippen LogP contribution in [0.15, 0.2) is 35.9 Å². The SMILES string of the molecule is COc1ccc(CN2C(=O)[C@H]3CC=C(C)C[C@@H]3C2=O)cc1. The number of allylic oxidation sites excluding steroid dienone is 2. The number of benzene rings is 1. The van der Waals surface area contributed by atoms with Crippen molar-refractivity contribution in [3.05, 3.63) is 41.5 Å². The number of hydrogen-bond donors (Lipinski definition) is 0. The Morgan fingerprint density at radius 2 is 1.81 bits per heavy atom. The van der Waals surface area contributed by atoms with Gasteiger partial charge in [-0.3, -0.25) is 14.5 Å². The average Bonchev–Trinajstić information content (AvgIpc) is 2.73. The summed E-state index contributed by atoms with van der Waals surface area (Å²) in [6.45, 7) is 2.38. The first kappa shape index (κ1) is 13.9. The molecule has 0 unspecified atom stereocenters. The molecule has 4 heteroatoms. The summed E-state index contributed by atoms with van der Waals surface area (Å²) in [7, 11) is 1.61. The maximum Gasteiger partial charge on any atom is 0.233 e. The fourth-order valence-corrected chi connectivity index (χ4v) is 3.18. The lowest BCUT2D eigenvalue weighted by Crippen LogP contribution is -2.30. The summed E-state index contributed by atoms with van der Waals surface area (Å²) < 4.78 is 5.12. The monoisotopic (exact) mass is 285 g/mol. The summed E-state index contributed by atoms with van der Waals surface area (Å²) in [5.74, 6) is 0.421. The van der Waals surface area contributed by atoms with E-state index in [0.29, 0.717) is 19.4 Å². The largest absolute Gasteiger partial charge is 0.497 e. The molecule has 0 spiro atoms. The van der Waals surface area contributed by atoms with E-state index in [1.165, 1.54) is 10.5 Å². The van der Waals surface area contributed by atoms with Crippen molar-refractivity contribution in [2.45, 2.75) is 26.3 Å². The third kappa shape index (κ3) is 2.46. The number of methoxy groups -OCH3 is 1. The van der Waals surface area contributed by atoms with E-state index in [2.05, 4.69) is 6.08 Å². The van der Waals surface area contributed by atoms with Gasteiger partial charge < -0.3 is 4.74 Å². The van der Waals surface area contributed by atoms with E-state index >= 15 is 0 Å². The number of likely N-dealkylation sites (tertiary alicyclic amines) is 1. The number of rotatable bonds is 3. The Balaban J connectivity index is 1.77. The van der Waals surface area contributed by atoms with Crippen molar-refractivity contribution in [2.75, 3.05) is 7.11 Å². The molecular weight excluding hydrogens is 266 g/mol. The Morgan fingerprint density at radius 3 is 2.48 bits per heavy atom. The zero-order valence-electron chi connectivity index (χ0n) is 12.3. The van der Waals surface area contributed by atoms with Crippen LogP contribution >= 0.6 is 0 Å². The minimum absolute atomic E-state index is 0.0201. The van der Waals surface area contributed by atoms with Gasteiger partial charge in [-0.05, 0) is 37.5 Å². The van der Waals surface area contributed by atoms with Crippen molar-refractivity contribution in [3.8, 4) is 5.75 Å². The Labute approximate surface area is 124 Å². The second kappa shape index (κ2) is 5.35. The molecule has 1 saturated heterocycles. The molecule has 0 N–H and O–H groups in total. The molecule has 2 atom stereocenters. The Morgan fingerprint density at radius 1 is 1.14 bits per heavy atom. The van der Waals surface area contributed by atoms with Crippen LogP contribution in [0.3, 0.4) is 0 Å². The molecule has 2 amide bonds. The van der Waals surface area contributed by atoms with E-state index in [0.717, 1.165) is 11.3 Å². The molecule has 4 nitrogen and oxygen atoms in total. The third-order valence-corrected chi connectivity index (χ3v) is 4.41. The highest BCUT2D eigenvalue weighted by atomic mass is 16.5. The first-order valence-electron chi connectivity index (χ1n) is 7.24. The van der Waals surface area contributed by atoms with Gasteiger partial charge in [0.15, 0.2) is 0 Å². The molecule has 1 fully saturated rings. The second-order valence-electron chi connectivity index (χ2n) is 5.81. The highest BCUT2D eigenvalue weighted by molar-refractivity contribution is 6.05. The predicted molar refractivity (Wildman–Crippen MR) is 78.5 cm³/mol. The molecule has 110 valence electrons. The van der Waals surface area contributed by atoms with E-state index in [1.807, 2.05) is 31.2 Å². The molecule has 1 heterocycles. The summed E-state index contributed by atoms with van der Waals surface area (Å²) in [5.41, 5.74) is 2.16. The predicted octanol–water partition coefficient (Wildman–Crippen LogP) is 2.54. The fourth-order valence-electron chi connectivity index (χ4n) is 3.18. The topological polar surface area (TPSA) is 46.6 Å². The number of nitrogens with zero attached hydrogens (tertiary/aromatic N) is 1. The van der Waals surface area contributed by atoms with Gasteiger partial charge in [-0.1, -0.05) is 23.8 Å². The van der Waals surface area contributed by atoms with Crippen molar-refractivity contribution in [3.63, 3.8) is 0 Å². The molecule has 2 aliphatic rings. The number of carbonyl (C=O) groups is 2. The van der Waals surface area contributed by atoms with Crippen molar-refractivity contribution >= 4 is 11.8 Å². The van der Waals surface area contributed by atoms with Crippen LogP contribution in [-0.4, -0.2) is 23.8 Å². The molecule has 21 heavy (non-hydrogen) atoms. The van der Waals surface area contributed by atoms with Crippen LogP contribution in [0.5, 0.6) is 5.75 Å². The van der Waals surface area contributed by atoms with Gasteiger partial charge in [0.25, 0.3) is 0 Å². The average molecular weight is 285 g/mol. The minimum atomic E-state index is -0.153. The van der Waals surface area contributed by atoms with Crippen LogP contribution in [-0.2, 0) is 16.1 Å². The molecule has 0 radical (unpaired) electrons. The van der Waals surface area contributed by atoms with E-state index < -0.39 is 0 Å². The number of ether oxygens (including phenoxy) is 1. The van der Waals surface area contributed by atoms with E-state index in [9.17, 15) is 9.59 Å². The van der Waals surface area contributed by atoms with Gasteiger partial charge in [-0.25, -0.2) is 0 Å². The molecule has 0 aromatic heterocycles. The van der Waals surface area contributed by atoms with Crippen molar-refractivity contribution < 1.29 is 14.3 Å². The van der Waals surface area contributed by atoms with Gasteiger partial charge in [0.05, 0.1) is 25.5 Å². The quantitative estimate of drug-likeness (QED) is 0.633. The highest BCUT2D eigenvalue weighted by Gasteiger charge is 2.47. The highest BCUT2D eigenvalue weighted by Crippen LogP contribution is 2.38. The molecule has 3 rings (SSSR count). The summed E-state index contributed by atoms with van der Waals surface area (Å²) in [5, 5.41) is 0. The fraction of sp³-hybridized carbons (Fsp3) is 0.412. The maximum absolute atomic E-state index is 12.5. The molecule has 1 aliphatic heterocycles. The minimum Gasteiger partial charge on any atom is -0.497 e. The van der Waals surface area contributed by atoms with Crippen LogP contribution in [0, 0.1) is 11.8 Å². The lowest BCUT2D eigenvalue weighted by molar-refractivity contribution is -0.140. The van der Waals surface area contributed by atoms with Gasteiger partial charge >= 0.3 is 0 Å². The van der Waals surface area contributed by atoms with Crippen LogP contribution in [0.1, 0.15) is 25.3 Å². The van der Waals surface area contributed by atoms with Crippen molar-refractivity contribution in [1.29, 1.82) is 0 Å². The van der Waals surface area contributed by atoms with Crippen molar-refractivity contribution in [1.82, 2.24) is 4.90 Å². The zero-order valence-corrected chi connectivity index (χ0v) is 12.3. The van der Waals surface area contributed by atoms with Gasteiger partial charge in [-0.15, -0.1) is 0 Å². The smallest absolute Gasteiger partial charge is 0.233 e. The summed E-state index contributed by atoms with van der Waals surface area (Å²) in [6, 6.07) is 7.48. The van der Waals surface area contributed by atoms with E-state index in [4.69, 9.17) is 4.74 Å². The van der Waals surface area contributed by atoms with E-state index in [-0.39, 0.29) is 23.7 Å². The molecular formula is C17H19NO3. The van der Waals surface area contributed by atoms with Crippen molar-refractivity contribution in [2.24, 2.45) is 11.8 Å². The van der Waals surface area contributed by atoms with Crippen LogP contribution in [0.25, 0.3) is 0 Å². The van der Waals surface area contributed by atoms with Gasteiger partial charge in [0, 0.05) is 0 Å². The zero-order chi connectivity index (χ0) is 15.0. The molecule has 1 aliphatic carbocycles. The Kier molecular flexibility index (Phi) is 3.53. The first-order valence-corrected chi connectivity index (χ1v) is 7.24. The van der Waals surface area contributed by atoms with E-state index in [1.54, 1.807) is 7.11 Å². The summed E-state index contributed by atoms with van der Waals surface area (Å²) >= 11 is 0. The third-order valence-electron chi connectivity index (χ3n) is 4.41. The standard InChI is InChI=1S/C17H19NO3/c1-11-3-8-14-15(9-11)17(20)18(16(14)19)10-12-4-6-13(21-2)7-5-12/h3-7,14-15H,8-10H2,1-2H3/t14-,15-/m0/s1. The number of imide groups is 1. The molecule has 0 bridgehead atoms. The number of amides is 2.